The highest BCUT2D eigenvalue weighted by Gasteiger charge is 2.18. The average molecular weight is 345 g/mol. The fourth-order valence-corrected chi connectivity index (χ4v) is 2.26. The van der Waals surface area contributed by atoms with Gasteiger partial charge in [-0.25, -0.2) is 9.37 Å². The monoisotopic (exact) mass is 345 g/mol. The molecule has 2 amide bonds. The number of nitrogens with two attached hydrogens (primary N) is 1. The van der Waals surface area contributed by atoms with Gasteiger partial charge in [0.05, 0.1) is 18.7 Å². The molecule has 7 nitrogen and oxygen atoms in total. The molecule has 2 aromatic rings. The van der Waals surface area contributed by atoms with E-state index in [9.17, 15) is 14.0 Å². The minimum Gasteiger partial charge on any atom is -0.369 e. The van der Waals surface area contributed by atoms with Crippen LogP contribution in [0.1, 0.15) is 5.56 Å². The van der Waals surface area contributed by atoms with Crippen molar-refractivity contribution in [3.8, 4) is 0 Å². The molecule has 3 N–H and O–H groups in total. The molecule has 0 aliphatic carbocycles. The standard InChI is InChI=1S/C17H20FN5O2/c1-23(15-10-20-6-7-21-15)11-16(24)22-9-13(17(19)25)8-12-2-4-14(18)5-3-12/h2-7,10,13H,8-9,11H2,1H3,(H2,19,25)(H,22,24). The van der Waals surface area contributed by atoms with Gasteiger partial charge in [-0.1, -0.05) is 12.1 Å². The second-order valence-corrected chi connectivity index (χ2v) is 5.65. The van der Waals surface area contributed by atoms with E-state index in [-0.39, 0.29) is 24.8 Å². The SMILES string of the molecule is CN(CC(=O)NCC(Cc1ccc(F)cc1)C(N)=O)c1cnccn1. The lowest BCUT2D eigenvalue weighted by Crippen LogP contribution is -2.41. The molecule has 0 spiro atoms. The summed E-state index contributed by atoms with van der Waals surface area (Å²) in [5, 5.41) is 2.69. The van der Waals surface area contributed by atoms with Crippen molar-refractivity contribution in [3.05, 3.63) is 54.2 Å². The molecule has 0 bridgehead atoms. The number of amides is 2. The van der Waals surface area contributed by atoms with Crippen molar-refractivity contribution in [3.63, 3.8) is 0 Å². The summed E-state index contributed by atoms with van der Waals surface area (Å²) in [5.41, 5.74) is 6.17. The van der Waals surface area contributed by atoms with Crippen LogP contribution in [0, 0.1) is 11.7 Å². The molecular formula is C17H20FN5O2. The predicted molar refractivity (Wildman–Crippen MR) is 91.1 cm³/mol. The largest absolute Gasteiger partial charge is 0.369 e. The second kappa shape index (κ2) is 8.72. The van der Waals surface area contributed by atoms with E-state index in [4.69, 9.17) is 5.73 Å². The summed E-state index contributed by atoms with van der Waals surface area (Å²) < 4.78 is 12.9. The number of hydrogen-bond acceptors (Lipinski definition) is 5. The number of halogens is 1. The first kappa shape index (κ1) is 18.3. The Morgan fingerprint density at radius 2 is 2.00 bits per heavy atom. The lowest BCUT2D eigenvalue weighted by Gasteiger charge is -2.19. The van der Waals surface area contributed by atoms with Crippen LogP contribution in [0.25, 0.3) is 0 Å². The van der Waals surface area contributed by atoms with Gasteiger partial charge in [-0.05, 0) is 24.1 Å². The maximum absolute atomic E-state index is 12.9. The van der Waals surface area contributed by atoms with E-state index in [1.54, 1.807) is 36.5 Å². The Hall–Kier alpha value is -3.03. The van der Waals surface area contributed by atoms with Gasteiger partial charge < -0.3 is 16.0 Å². The minimum atomic E-state index is -0.573. The van der Waals surface area contributed by atoms with E-state index < -0.39 is 11.8 Å². The van der Waals surface area contributed by atoms with Crippen LogP contribution in [-0.4, -0.2) is 41.9 Å². The van der Waals surface area contributed by atoms with Gasteiger partial charge in [0.25, 0.3) is 0 Å². The molecule has 0 fully saturated rings. The number of nitrogens with zero attached hydrogens (tertiary/aromatic N) is 3. The van der Waals surface area contributed by atoms with Crippen molar-refractivity contribution in [1.82, 2.24) is 15.3 Å². The van der Waals surface area contributed by atoms with E-state index in [1.165, 1.54) is 18.3 Å². The van der Waals surface area contributed by atoms with E-state index in [2.05, 4.69) is 15.3 Å². The maximum Gasteiger partial charge on any atom is 0.239 e. The van der Waals surface area contributed by atoms with E-state index in [0.29, 0.717) is 12.2 Å². The number of likely N-dealkylation sites (N-methyl/N-ethyl adjacent to an activating group) is 1. The van der Waals surface area contributed by atoms with Crippen molar-refractivity contribution in [1.29, 1.82) is 0 Å². The Bertz CT molecular complexity index is 709. The van der Waals surface area contributed by atoms with Crippen molar-refractivity contribution in [2.24, 2.45) is 11.7 Å². The van der Waals surface area contributed by atoms with Gasteiger partial charge in [0.15, 0.2) is 0 Å². The molecule has 0 radical (unpaired) electrons. The number of nitrogens with one attached hydrogen (secondary N) is 1. The number of rotatable bonds is 8. The molecule has 0 saturated heterocycles. The zero-order valence-electron chi connectivity index (χ0n) is 13.9. The van der Waals surface area contributed by atoms with Crippen molar-refractivity contribution >= 4 is 17.6 Å². The first-order chi connectivity index (χ1) is 12.0. The number of carbonyl (C=O) groups excluding carboxylic acids is 2. The fraction of sp³-hybridized carbons (Fsp3) is 0.294. The van der Waals surface area contributed by atoms with Crippen LogP contribution in [0.5, 0.6) is 0 Å². The zero-order chi connectivity index (χ0) is 18.2. The minimum absolute atomic E-state index is 0.0702. The molecule has 2 rings (SSSR count). The zero-order valence-corrected chi connectivity index (χ0v) is 13.9. The third-order valence-corrected chi connectivity index (χ3v) is 3.66. The average Bonchev–Trinajstić information content (AvgIpc) is 2.60. The number of carbonyl (C=O) groups is 2. The van der Waals surface area contributed by atoms with Gasteiger partial charge in [0, 0.05) is 26.0 Å². The molecular weight excluding hydrogens is 325 g/mol. The molecule has 25 heavy (non-hydrogen) atoms. The molecule has 1 aromatic heterocycles. The highest BCUT2D eigenvalue weighted by atomic mass is 19.1. The summed E-state index contributed by atoms with van der Waals surface area (Å²) in [6.07, 6.45) is 4.96. The summed E-state index contributed by atoms with van der Waals surface area (Å²) >= 11 is 0. The summed E-state index contributed by atoms with van der Waals surface area (Å²) in [7, 11) is 1.72. The van der Waals surface area contributed by atoms with Crippen LogP contribution in [-0.2, 0) is 16.0 Å². The van der Waals surface area contributed by atoms with Gasteiger partial charge >= 0.3 is 0 Å². The Labute approximate surface area is 145 Å². The first-order valence-corrected chi connectivity index (χ1v) is 7.73. The second-order valence-electron chi connectivity index (χ2n) is 5.65. The number of benzene rings is 1. The van der Waals surface area contributed by atoms with Gasteiger partial charge in [0.2, 0.25) is 11.8 Å². The molecule has 0 saturated carbocycles. The summed E-state index contributed by atoms with van der Waals surface area (Å²) in [5.74, 6) is -1.14. The highest BCUT2D eigenvalue weighted by molar-refractivity contribution is 5.82. The van der Waals surface area contributed by atoms with Gasteiger partial charge in [0.1, 0.15) is 11.6 Å². The topological polar surface area (TPSA) is 101 Å². The molecule has 0 aliphatic heterocycles. The van der Waals surface area contributed by atoms with E-state index in [1.807, 2.05) is 0 Å². The Balaban J connectivity index is 1.86. The molecule has 1 heterocycles. The molecule has 132 valence electrons. The summed E-state index contributed by atoms with van der Waals surface area (Å²) in [6, 6.07) is 5.83. The molecule has 8 heteroatoms. The third-order valence-electron chi connectivity index (χ3n) is 3.66. The van der Waals surface area contributed by atoms with Gasteiger partial charge in [-0.3, -0.25) is 14.6 Å². The molecule has 1 unspecified atom stereocenters. The summed E-state index contributed by atoms with van der Waals surface area (Å²) in [4.78, 5) is 33.3. The van der Waals surface area contributed by atoms with Crippen LogP contribution >= 0.6 is 0 Å². The Morgan fingerprint density at radius 3 is 2.60 bits per heavy atom. The van der Waals surface area contributed by atoms with Crippen LogP contribution < -0.4 is 16.0 Å². The van der Waals surface area contributed by atoms with Crippen LogP contribution in [0.2, 0.25) is 0 Å². The van der Waals surface area contributed by atoms with E-state index in [0.717, 1.165) is 5.56 Å². The summed E-state index contributed by atoms with van der Waals surface area (Å²) in [6.45, 7) is 0.181. The molecule has 1 atom stereocenters. The third kappa shape index (κ3) is 5.83. The predicted octanol–water partition coefficient (Wildman–Crippen LogP) is 0.512. The molecule has 0 aliphatic rings. The number of primary amides is 1. The maximum atomic E-state index is 12.9. The van der Waals surface area contributed by atoms with Crippen LogP contribution in [0.15, 0.2) is 42.9 Å². The van der Waals surface area contributed by atoms with Crippen LogP contribution in [0.3, 0.4) is 0 Å². The lowest BCUT2D eigenvalue weighted by atomic mass is 9.98. The van der Waals surface area contributed by atoms with Crippen molar-refractivity contribution < 1.29 is 14.0 Å². The highest BCUT2D eigenvalue weighted by Crippen LogP contribution is 2.10. The van der Waals surface area contributed by atoms with E-state index >= 15 is 0 Å². The smallest absolute Gasteiger partial charge is 0.239 e. The number of hydrogen-bond donors (Lipinski definition) is 2. The quantitative estimate of drug-likeness (QED) is 0.726. The fourth-order valence-electron chi connectivity index (χ4n) is 2.26. The Morgan fingerprint density at radius 1 is 1.28 bits per heavy atom. The van der Waals surface area contributed by atoms with Crippen LogP contribution in [0.4, 0.5) is 10.2 Å². The van der Waals surface area contributed by atoms with Gasteiger partial charge in [-0.2, -0.15) is 0 Å². The Kier molecular flexibility index (Phi) is 6.39. The lowest BCUT2D eigenvalue weighted by molar-refractivity contribution is -0.122. The molecule has 1 aromatic carbocycles. The van der Waals surface area contributed by atoms with Crippen molar-refractivity contribution in [2.45, 2.75) is 6.42 Å². The first-order valence-electron chi connectivity index (χ1n) is 7.73. The number of aromatic nitrogens is 2. The van der Waals surface area contributed by atoms with Crippen molar-refractivity contribution in [2.75, 3.05) is 25.0 Å². The normalized spacial score (nSPS) is 11.6. The van der Waals surface area contributed by atoms with Gasteiger partial charge in [-0.15, -0.1) is 0 Å². The number of anilines is 1.